The molecular weight excluding hydrogens is 301 g/mol. The number of nitrogens with zero attached hydrogens (tertiary/aromatic N) is 2. The van der Waals surface area contributed by atoms with Gasteiger partial charge in [0.15, 0.2) is 11.3 Å². The number of ether oxygens (including phenoxy) is 2. The zero-order valence-electron chi connectivity index (χ0n) is 11.9. The zero-order chi connectivity index (χ0) is 16.3. The van der Waals surface area contributed by atoms with Crippen LogP contribution in [0.3, 0.4) is 0 Å². The summed E-state index contributed by atoms with van der Waals surface area (Å²) in [5.74, 6) is -1.06. The molecule has 5 nitrogen and oxygen atoms in total. The molecule has 0 aliphatic carbocycles. The lowest BCUT2D eigenvalue weighted by atomic mass is 10.1. The second-order valence-electron chi connectivity index (χ2n) is 4.39. The summed E-state index contributed by atoms with van der Waals surface area (Å²) in [4.78, 5) is 19.2. The number of halogens is 3. The molecule has 0 amide bonds. The average molecular weight is 314 g/mol. The number of carbonyl (C=O) groups is 1. The van der Waals surface area contributed by atoms with E-state index in [0.717, 1.165) is 6.07 Å². The van der Waals surface area contributed by atoms with E-state index in [2.05, 4.69) is 14.7 Å². The molecule has 0 fully saturated rings. The van der Waals surface area contributed by atoms with Crippen molar-refractivity contribution in [1.29, 1.82) is 0 Å². The minimum absolute atomic E-state index is 0.0286. The van der Waals surface area contributed by atoms with Gasteiger partial charge in [-0.2, -0.15) is 13.2 Å². The van der Waals surface area contributed by atoms with Crippen molar-refractivity contribution in [2.24, 2.45) is 0 Å². The monoisotopic (exact) mass is 314 g/mol. The van der Waals surface area contributed by atoms with E-state index in [4.69, 9.17) is 4.74 Å². The zero-order valence-corrected chi connectivity index (χ0v) is 11.9. The quantitative estimate of drug-likeness (QED) is 0.812. The molecule has 2 aromatic heterocycles. The second kappa shape index (κ2) is 6.27. The molecule has 0 bridgehead atoms. The van der Waals surface area contributed by atoms with Gasteiger partial charge in [0, 0.05) is 12.5 Å². The number of esters is 1. The van der Waals surface area contributed by atoms with Gasteiger partial charge < -0.3 is 9.47 Å². The van der Waals surface area contributed by atoms with Gasteiger partial charge in [-0.05, 0) is 25.1 Å². The van der Waals surface area contributed by atoms with Crippen LogP contribution in [0.5, 0.6) is 0 Å². The lowest BCUT2D eigenvalue weighted by Gasteiger charge is -2.12. The Hall–Kier alpha value is -2.22. The maximum Gasteiger partial charge on any atom is 0.434 e. The topological polar surface area (TPSA) is 61.3 Å². The first-order chi connectivity index (χ1) is 10.4. The van der Waals surface area contributed by atoms with Crippen LogP contribution in [-0.2, 0) is 22.3 Å². The molecule has 118 valence electrons. The van der Waals surface area contributed by atoms with Gasteiger partial charge in [0.05, 0.1) is 24.5 Å². The molecule has 0 saturated heterocycles. The van der Waals surface area contributed by atoms with Gasteiger partial charge in [0.2, 0.25) is 0 Å². The van der Waals surface area contributed by atoms with Gasteiger partial charge in [0.25, 0.3) is 0 Å². The first kappa shape index (κ1) is 16.2. The Morgan fingerprint density at radius 2 is 2.00 bits per heavy atom. The highest BCUT2D eigenvalue weighted by Crippen LogP contribution is 2.32. The summed E-state index contributed by atoms with van der Waals surface area (Å²) in [6.45, 7) is 1.63. The number of hydrogen-bond acceptors (Lipinski definition) is 5. The van der Waals surface area contributed by atoms with E-state index >= 15 is 0 Å². The third-order valence-corrected chi connectivity index (χ3v) is 2.79. The molecule has 0 spiro atoms. The van der Waals surface area contributed by atoms with Crippen molar-refractivity contribution < 1.29 is 27.4 Å². The van der Waals surface area contributed by atoms with Crippen LogP contribution >= 0.6 is 0 Å². The predicted octanol–water partition coefficient (Wildman–Crippen LogP) is 2.97. The number of methoxy groups -OCH3 is 1. The number of alkyl halides is 3. The molecule has 0 atom stereocenters. The summed E-state index contributed by atoms with van der Waals surface area (Å²) in [6.07, 6.45) is -4.78. The van der Waals surface area contributed by atoms with Crippen molar-refractivity contribution >= 4 is 17.0 Å². The molecule has 22 heavy (non-hydrogen) atoms. The molecule has 0 aliphatic rings. The fraction of sp³-hybridized carbons (Fsp3) is 0.357. The summed E-state index contributed by atoms with van der Waals surface area (Å²) < 4.78 is 48.8. The normalized spacial score (nSPS) is 11.7. The number of rotatable bonds is 4. The van der Waals surface area contributed by atoms with E-state index in [0.29, 0.717) is 11.1 Å². The fourth-order valence-corrected chi connectivity index (χ4v) is 1.90. The van der Waals surface area contributed by atoms with Crippen LogP contribution in [0.4, 0.5) is 13.2 Å². The maximum absolute atomic E-state index is 13.1. The summed E-state index contributed by atoms with van der Waals surface area (Å²) in [5, 5.41) is 0.316. The van der Waals surface area contributed by atoms with Gasteiger partial charge in [-0.15, -0.1) is 0 Å². The van der Waals surface area contributed by atoms with Crippen molar-refractivity contribution in [3.8, 4) is 0 Å². The standard InChI is InChI=1S/C14H13F3N2O3/c1-3-22-13(20)10-6-8-4-5-9(7-21-2)18-12(8)19-11(10)14(15,16)17/h4-6H,3,7H2,1-2H3. The molecule has 0 aromatic carbocycles. The Morgan fingerprint density at radius 3 is 2.59 bits per heavy atom. The summed E-state index contributed by atoms with van der Waals surface area (Å²) in [5.41, 5.74) is -1.59. The van der Waals surface area contributed by atoms with Gasteiger partial charge in [0.1, 0.15) is 0 Å². The van der Waals surface area contributed by atoms with Crippen molar-refractivity contribution in [3.05, 3.63) is 35.2 Å². The van der Waals surface area contributed by atoms with E-state index in [1.54, 1.807) is 6.07 Å². The minimum atomic E-state index is -4.78. The van der Waals surface area contributed by atoms with Gasteiger partial charge >= 0.3 is 12.1 Å². The molecule has 2 rings (SSSR count). The van der Waals surface area contributed by atoms with Crippen molar-refractivity contribution in [1.82, 2.24) is 9.97 Å². The van der Waals surface area contributed by atoms with Crippen LogP contribution in [0, 0.1) is 0 Å². The van der Waals surface area contributed by atoms with E-state index in [-0.39, 0.29) is 18.9 Å². The highest BCUT2D eigenvalue weighted by atomic mass is 19.4. The molecule has 0 aliphatic heterocycles. The van der Waals surface area contributed by atoms with E-state index in [1.165, 1.54) is 20.1 Å². The Labute approximate surface area is 124 Å². The predicted molar refractivity (Wildman–Crippen MR) is 71.2 cm³/mol. The van der Waals surface area contributed by atoms with Crippen LogP contribution < -0.4 is 0 Å². The third-order valence-electron chi connectivity index (χ3n) is 2.79. The Bertz CT molecular complexity index is 702. The Kier molecular flexibility index (Phi) is 4.60. The van der Waals surface area contributed by atoms with Crippen LogP contribution in [0.1, 0.15) is 28.7 Å². The van der Waals surface area contributed by atoms with Crippen LogP contribution in [0.2, 0.25) is 0 Å². The van der Waals surface area contributed by atoms with Crippen molar-refractivity contribution in [2.45, 2.75) is 19.7 Å². The molecular formula is C14H13F3N2O3. The van der Waals surface area contributed by atoms with Crippen LogP contribution in [0.15, 0.2) is 18.2 Å². The molecule has 8 heteroatoms. The molecule has 0 saturated carbocycles. The van der Waals surface area contributed by atoms with Gasteiger partial charge in [-0.3, -0.25) is 0 Å². The molecule has 2 aromatic rings. The van der Waals surface area contributed by atoms with Crippen LogP contribution in [0.25, 0.3) is 11.0 Å². The fourth-order valence-electron chi connectivity index (χ4n) is 1.90. The highest BCUT2D eigenvalue weighted by molar-refractivity contribution is 5.94. The number of fused-ring (bicyclic) bond motifs is 1. The number of aromatic nitrogens is 2. The lowest BCUT2D eigenvalue weighted by Crippen LogP contribution is -2.17. The van der Waals surface area contributed by atoms with Crippen LogP contribution in [-0.4, -0.2) is 29.7 Å². The summed E-state index contributed by atoms with van der Waals surface area (Å²) >= 11 is 0. The maximum atomic E-state index is 13.1. The van der Waals surface area contributed by atoms with Crippen molar-refractivity contribution in [2.75, 3.05) is 13.7 Å². The first-order valence-electron chi connectivity index (χ1n) is 6.40. The largest absolute Gasteiger partial charge is 0.462 e. The van der Waals surface area contributed by atoms with Gasteiger partial charge in [-0.25, -0.2) is 14.8 Å². The molecule has 0 N–H and O–H groups in total. The molecule has 0 unspecified atom stereocenters. The number of hydrogen-bond donors (Lipinski definition) is 0. The summed E-state index contributed by atoms with van der Waals surface area (Å²) in [6, 6.07) is 4.22. The Balaban J connectivity index is 2.63. The van der Waals surface area contributed by atoms with Gasteiger partial charge in [-0.1, -0.05) is 0 Å². The van der Waals surface area contributed by atoms with E-state index < -0.39 is 23.4 Å². The number of carbonyl (C=O) groups excluding carboxylic acids is 1. The third kappa shape index (κ3) is 3.33. The van der Waals surface area contributed by atoms with E-state index in [1.807, 2.05) is 0 Å². The minimum Gasteiger partial charge on any atom is -0.462 e. The molecule has 2 heterocycles. The molecule has 0 radical (unpaired) electrons. The number of pyridine rings is 2. The lowest BCUT2D eigenvalue weighted by molar-refractivity contribution is -0.141. The average Bonchev–Trinajstić information content (AvgIpc) is 2.45. The van der Waals surface area contributed by atoms with E-state index in [9.17, 15) is 18.0 Å². The first-order valence-corrected chi connectivity index (χ1v) is 6.40. The highest BCUT2D eigenvalue weighted by Gasteiger charge is 2.38. The Morgan fingerprint density at radius 1 is 1.27 bits per heavy atom. The summed E-state index contributed by atoms with van der Waals surface area (Å²) in [7, 11) is 1.45. The second-order valence-corrected chi connectivity index (χ2v) is 4.39. The SMILES string of the molecule is CCOC(=O)c1cc2ccc(COC)nc2nc1C(F)(F)F. The smallest absolute Gasteiger partial charge is 0.434 e. The van der Waals surface area contributed by atoms with Crippen molar-refractivity contribution in [3.63, 3.8) is 0 Å².